The van der Waals surface area contributed by atoms with Gasteiger partial charge in [-0.05, 0) is 51.2 Å². The molecule has 2 N–H and O–H groups in total. The van der Waals surface area contributed by atoms with E-state index in [1.165, 1.54) is 19.3 Å². The fourth-order valence-corrected chi connectivity index (χ4v) is 2.54. The molecule has 0 atom stereocenters. The first kappa shape index (κ1) is 13.7. The summed E-state index contributed by atoms with van der Waals surface area (Å²) in [6.45, 7) is 6.74. The van der Waals surface area contributed by atoms with Gasteiger partial charge >= 0.3 is 0 Å². The molecule has 0 spiro atoms. The molecule has 1 aromatic rings. The molecule has 100 valence electrons. The van der Waals surface area contributed by atoms with Gasteiger partial charge in [0, 0.05) is 11.1 Å². The predicted octanol–water partition coefficient (Wildman–Crippen LogP) is 4.02. The Morgan fingerprint density at radius 1 is 1.39 bits per heavy atom. The van der Waals surface area contributed by atoms with Crippen LogP contribution < -0.4 is 10.5 Å². The van der Waals surface area contributed by atoms with Crippen molar-refractivity contribution in [1.29, 1.82) is 0 Å². The van der Waals surface area contributed by atoms with Crippen LogP contribution in [0.3, 0.4) is 0 Å². The van der Waals surface area contributed by atoms with Gasteiger partial charge in [-0.2, -0.15) is 0 Å². The van der Waals surface area contributed by atoms with Crippen molar-refractivity contribution >= 4 is 11.6 Å². The van der Waals surface area contributed by atoms with Crippen molar-refractivity contribution in [2.45, 2.75) is 45.6 Å². The summed E-state index contributed by atoms with van der Waals surface area (Å²) in [7, 11) is 0. The van der Waals surface area contributed by atoms with Crippen LogP contribution in [0.2, 0.25) is 5.02 Å². The van der Waals surface area contributed by atoms with E-state index in [0.29, 0.717) is 10.9 Å². The van der Waals surface area contributed by atoms with Gasteiger partial charge in [0.1, 0.15) is 5.75 Å². The zero-order chi connectivity index (χ0) is 13.3. The number of aryl methyl sites for hydroxylation is 1. The molecule has 0 aromatic heterocycles. The van der Waals surface area contributed by atoms with Crippen molar-refractivity contribution in [3.8, 4) is 5.75 Å². The summed E-state index contributed by atoms with van der Waals surface area (Å²) in [5.74, 6) is 1.46. The van der Waals surface area contributed by atoms with Crippen LogP contribution in [0.4, 0.5) is 0 Å². The average Bonchev–Trinajstić information content (AvgIpc) is 2.16. The van der Waals surface area contributed by atoms with Crippen molar-refractivity contribution in [2.75, 3.05) is 6.61 Å². The van der Waals surface area contributed by atoms with E-state index in [4.69, 9.17) is 22.1 Å². The Labute approximate surface area is 114 Å². The van der Waals surface area contributed by atoms with Crippen molar-refractivity contribution in [2.24, 2.45) is 11.7 Å². The van der Waals surface area contributed by atoms with Crippen molar-refractivity contribution < 1.29 is 4.74 Å². The molecular formula is C15H22ClNO. The van der Waals surface area contributed by atoms with Gasteiger partial charge in [0.25, 0.3) is 0 Å². The number of rotatable bonds is 4. The SMILES string of the molecule is Cc1cc(Cl)c(OCC2CCC2)c(C(C)(C)N)c1. The summed E-state index contributed by atoms with van der Waals surface area (Å²) in [5.41, 5.74) is 7.88. The van der Waals surface area contributed by atoms with E-state index >= 15 is 0 Å². The van der Waals surface area contributed by atoms with E-state index in [-0.39, 0.29) is 0 Å². The zero-order valence-electron chi connectivity index (χ0n) is 11.4. The van der Waals surface area contributed by atoms with E-state index in [9.17, 15) is 0 Å². The molecule has 2 nitrogen and oxygen atoms in total. The van der Waals surface area contributed by atoms with Crippen LogP contribution in [0.5, 0.6) is 5.75 Å². The molecule has 0 radical (unpaired) electrons. The lowest BCUT2D eigenvalue weighted by molar-refractivity contribution is 0.178. The monoisotopic (exact) mass is 267 g/mol. The quantitative estimate of drug-likeness (QED) is 0.894. The van der Waals surface area contributed by atoms with Crippen molar-refractivity contribution in [3.05, 3.63) is 28.3 Å². The highest BCUT2D eigenvalue weighted by molar-refractivity contribution is 6.32. The van der Waals surface area contributed by atoms with Gasteiger partial charge in [0.2, 0.25) is 0 Å². The van der Waals surface area contributed by atoms with Gasteiger partial charge in [0.15, 0.2) is 0 Å². The Bertz CT molecular complexity index is 433. The molecule has 2 rings (SSSR count). The van der Waals surface area contributed by atoms with Crippen molar-refractivity contribution in [3.63, 3.8) is 0 Å². The maximum atomic E-state index is 6.30. The number of hydrogen-bond acceptors (Lipinski definition) is 2. The number of halogens is 1. The number of nitrogens with two attached hydrogens (primary N) is 1. The standard InChI is InChI=1S/C15H22ClNO/c1-10-7-12(15(2,3)17)14(13(16)8-10)18-9-11-5-4-6-11/h7-8,11H,4-6,9,17H2,1-3H3. The van der Waals surface area contributed by atoms with Crippen LogP contribution in [0.15, 0.2) is 12.1 Å². The minimum Gasteiger partial charge on any atom is -0.491 e. The molecule has 0 aliphatic heterocycles. The van der Waals surface area contributed by atoms with Crippen molar-refractivity contribution in [1.82, 2.24) is 0 Å². The number of hydrogen-bond donors (Lipinski definition) is 1. The maximum Gasteiger partial charge on any atom is 0.142 e. The molecule has 3 heteroatoms. The molecule has 0 saturated heterocycles. The van der Waals surface area contributed by atoms with Crippen LogP contribution >= 0.6 is 11.6 Å². The van der Waals surface area contributed by atoms with Crippen LogP contribution in [0, 0.1) is 12.8 Å². The lowest BCUT2D eigenvalue weighted by atomic mass is 9.86. The third-order valence-electron chi connectivity index (χ3n) is 3.57. The molecule has 0 bridgehead atoms. The summed E-state index contributed by atoms with van der Waals surface area (Å²) in [5, 5.41) is 0.669. The highest BCUT2D eigenvalue weighted by Gasteiger charge is 2.24. The largest absolute Gasteiger partial charge is 0.491 e. The highest BCUT2D eigenvalue weighted by atomic mass is 35.5. The molecule has 18 heavy (non-hydrogen) atoms. The summed E-state index contributed by atoms with van der Waals surface area (Å²) >= 11 is 6.30. The molecule has 1 aliphatic carbocycles. The maximum absolute atomic E-state index is 6.30. The Morgan fingerprint density at radius 3 is 2.56 bits per heavy atom. The fourth-order valence-electron chi connectivity index (χ4n) is 2.21. The molecule has 1 aromatic carbocycles. The predicted molar refractivity (Wildman–Crippen MR) is 76.2 cm³/mol. The second-order valence-electron chi connectivity index (χ2n) is 5.95. The second kappa shape index (κ2) is 5.10. The van der Waals surface area contributed by atoms with Gasteiger partial charge in [0.05, 0.1) is 11.6 Å². The number of benzene rings is 1. The fraction of sp³-hybridized carbons (Fsp3) is 0.600. The topological polar surface area (TPSA) is 35.2 Å². The number of ether oxygens (including phenoxy) is 1. The second-order valence-corrected chi connectivity index (χ2v) is 6.36. The Balaban J connectivity index is 2.25. The molecule has 0 amide bonds. The van der Waals surface area contributed by atoms with Crippen LogP contribution in [0.1, 0.15) is 44.2 Å². The minimum absolute atomic E-state index is 0.440. The smallest absolute Gasteiger partial charge is 0.142 e. The summed E-state index contributed by atoms with van der Waals surface area (Å²) in [6.07, 6.45) is 3.86. The van der Waals surface area contributed by atoms with Crippen LogP contribution in [-0.4, -0.2) is 6.61 Å². The van der Waals surface area contributed by atoms with E-state index in [1.54, 1.807) is 0 Å². The first-order chi connectivity index (χ1) is 8.38. The van der Waals surface area contributed by atoms with Gasteiger partial charge in [-0.25, -0.2) is 0 Å². The summed E-state index contributed by atoms with van der Waals surface area (Å²) < 4.78 is 5.94. The molecule has 1 aliphatic rings. The summed E-state index contributed by atoms with van der Waals surface area (Å²) in [4.78, 5) is 0. The van der Waals surface area contributed by atoms with E-state index in [2.05, 4.69) is 6.07 Å². The normalized spacial score (nSPS) is 16.5. The lowest BCUT2D eigenvalue weighted by Crippen LogP contribution is -2.30. The van der Waals surface area contributed by atoms with Crippen LogP contribution in [-0.2, 0) is 5.54 Å². The van der Waals surface area contributed by atoms with E-state index in [0.717, 1.165) is 23.5 Å². The molecule has 0 heterocycles. The van der Waals surface area contributed by atoms with E-state index in [1.807, 2.05) is 26.8 Å². The molecule has 0 unspecified atom stereocenters. The minimum atomic E-state index is -0.440. The molecule has 1 saturated carbocycles. The van der Waals surface area contributed by atoms with Gasteiger partial charge in [-0.15, -0.1) is 0 Å². The average molecular weight is 268 g/mol. The Kier molecular flexibility index (Phi) is 3.88. The van der Waals surface area contributed by atoms with Gasteiger partial charge in [-0.3, -0.25) is 0 Å². The van der Waals surface area contributed by atoms with E-state index < -0.39 is 5.54 Å². The zero-order valence-corrected chi connectivity index (χ0v) is 12.2. The molecular weight excluding hydrogens is 246 g/mol. The molecule has 1 fully saturated rings. The van der Waals surface area contributed by atoms with Crippen LogP contribution in [0.25, 0.3) is 0 Å². The highest BCUT2D eigenvalue weighted by Crippen LogP contribution is 2.37. The third kappa shape index (κ3) is 2.99. The Hall–Kier alpha value is -0.730. The summed E-state index contributed by atoms with van der Waals surface area (Å²) in [6, 6.07) is 4.01. The lowest BCUT2D eigenvalue weighted by Gasteiger charge is -2.28. The first-order valence-electron chi connectivity index (χ1n) is 6.60. The first-order valence-corrected chi connectivity index (χ1v) is 6.98. The Morgan fingerprint density at radius 2 is 2.06 bits per heavy atom. The van der Waals surface area contributed by atoms with Gasteiger partial charge in [-0.1, -0.05) is 24.1 Å². The van der Waals surface area contributed by atoms with Gasteiger partial charge < -0.3 is 10.5 Å². The third-order valence-corrected chi connectivity index (χ3v) is 3.85.